The molecule has 0 rings (SSSR count). The van der Waals surface area contributed by atoms with Crippen molar-refractivity contribution < 1.29 is 28.6 Å². The predicted molar refractivity (Wildman–Crippen MR) is 307 cm³/mol. The van der Waals surface area contributed by atoms with Crippen LogP contribution in [0.2, 0.25) is 0 Å². The molecule has 0 aliphatic carbocycles. The van der Waals surface area contributed by atoms with E-state index >= 15 is 0 Å². The van der Waals surface area contributed by atoms with Gasteiger partial charge in [-0.15, -0.1) is 0 Å². The fraction of sp³-hybridized carbons (Fsp3) is 0.923. The zero-order valence-electron chi connectivity index (χ0n) is 48.3. The van der Waals surface area contributed by atoms with Crippen molar-refractivity contribution in [2.45, 2.75) is 374 Å². The van der Waals surface area contributed by atoms with Gasteiger partial charge < -0.3 is 14.2 Å². The molecular formula is C65H124O6. The zero-order chi connectivity index (χ0) is 51.4. The summed E-state index contributed by atoms with van der Waals surface area (Å²) in [7, 11) is 0. The van der Waals surface area contributed by atoms with Gasteiger partial charge in [-0.3, -0.25) is 14.4 Å². The molecule has 0 heterocycles. The molecule has 0 unspecified atom stereocenters. The summed E-state index contributed by atoms with van der Waals surface area (Å²) in [4.78, 5) is 38.3. The minimum absolute atomic E-state index is 0.0659. The third kappa shape index (κ3) is 58.9. The van der Waals surface area contributed by atoms with Crippen molar-refractivity contribution in [2.75, 3.05) is 13.2 Å². The van der Waals surface area contributed by atoms with Crippen LogP contribution in [0.15, 0.2) is 12.2 Å². The van der Waals surface area contributed by atoms with E-state index in [4.69, 9.17) is 14.2 Å². The largest absolute Gasteiger partial charge is 0.462 e. The fourth-order valence-corrected chi connectivity index (χ4v) is 9.91. The molecule has 0 aromatic carbocycles. The quantitative estimate of drug-likeness (QED) is 0.0261. The maximum atomic E-state index is 12.9. The summed E-state index contributed by atoms with van der Waals surface area (Å²) in [5.41, 5.74) is 0. The normalized spacial score (nSPS) is 12.0. The Morgan fingerprint density at radius 3 is 0.704 bits per heavy atom. The third-order valence-electron chi connectivity index (χ3n) is 14.8. The Morgan fingerprint density at radius 2 is 0.465 bits per heavy atom. The van der Waals surface area contributed by atoms with E-state index in [1.807, 2.05) is 0 Å². The topological polar surface area (TPSA) is 78.9 Å². The minimum atomic E-state index is -0.769. The number of allylic oxidation sites excluding steroid dienone is 2. The number of hydrogen-bond donors (Lipinski definition) is 0. The standard InChI is InChI=1S/C65H124O6/c1-4-7-10-13-16-19-22-25-28-30-32-34-37-40-43-46-49-52-55-58-64(67)70-61-62(60-69-63(66)57-54-51-48-45-42-39-36-27-24-21-18-15-12-9-6-3)71-65(68)59-56-53-50-47-44-41-38-35-33-31-29-26-23-20-17-14-11-8-5-2/h27,36,62H,4-26,28-35,37-61H2,1-3H3/b36-27-/t62-/m1/s1. The molecule has 6 heteroatoms. The first-order chi connectivity index (χ1) is 35.0. The van der Waals surface area contributed by atoms with Crippen molar-refractivity contribution in [3.05, 3.63) is 12.2 Å². The second kappa shape index (κ2) is 60.7. The molecule has 0 saturated heterocycles. The summed E-state index contributed by atoms with van der Waals surface area (Å²) in [6.45, 7) is 6.71. The van der Waals surface area contributed by atoms with Crippen LogP contribution in [-0.4, -0.2) is 37.2 Å². The lowest BCUT2D eigenvalue weighted by molar-refractivity contribution is -0.167. The summed E-state index contributed by atoms with van der Waals surface area (Å²) in [6.07, 6.45) is 70.7. The Balaban J connectivity index is 4.29. The van der Waals surface area contributed by atoms with Gasteiger partial charge in [-0.1, -0.05) is 315 Å². The van der Waals surface area contributed by atoms with Crippen LogP contribution >= 0.6 is 0 Å². The molecule has 0 radical (unpaired) electrons. The lowest BCUT2D eigenvalue weighted by Gasteiger charge is -2.18. The molecule has 0 N–H and O–H groups in total. The number of hydrogen-bond acceptors (Lipinski definition) is 6. The average molecular weight is 1000 g/mol. The Bertz CT molecular complexity index is 1100. The molecule has 420 valence electrons. The van der Waals surface area contributed by atoms with Crippen molar-refractivity contribution in [3.8, 4) is 0 Å². The number of esters is 3. The van der Waals surface area contributed by atoms with Crippen LogP contribution in [0.5, 0.6) is 0 Å². The average Bonchev–Trinajstić information content (AvgIpc) is 3.37. The van der Waals surface area contributed by atoms with Crippen molar-refractivity contribution in [1.29, 1.82) is 0 Å². The minimum Gasteiger partial charge on any atom is -0.462 e. The fourth-order valence-electron chi connectivity index (χ4n) is 9.91. The van der Waals surface area contributed by atoms with Gasteiger partial charge in [0.1, 0.15) is 13.2 Å². The van der Waals surface area contributed by atoms with Gasteiger partial charge in [0.25, 0.3) is 0 Å². The molecule has 0 aromatic rings. The summed E-state index contributed by atoms with van der Waals surface area (Å²) in [6, 6.07) is 0. The highest BCUT2D eigenvalue weighted by Gasteiger charge is 2.19. The summed E-state index contributed by atoms with van der Waals surface area (Å²) >= 11 is 0. The second-order valence-corrected chi connectivity index (χ2v) is 22.0. The van der Waals surface area contributed by atoms with E-state index in [1.54, 1.807) is 0 Å². The van der Waals surface area contributed by atoms with Gasteiger partial charge in [0, 0.05) is 19.3 Å². The van der Waals surface area contributed by atoms with Gasteiger partial charge >= 0.3 is 17.9 Å². The number of carbonyl (C=O) groups excluding carboxylic acids is 3. The molecule has 0 aliphatic rings. The van der Waals surface area contributed by atoms with Gasteiger partial charge in [0.05, 0.1) is 0 Å². The van der Waals surface area contributed by atoms with E-state index in [0.717, 1.165) is 64.2 Å². The number of unbranched alkanes of at least 4 members (excludes halogenated alkanes) is 47. The first-order valence-electron chi connectivity index (χ1n) is 32.2. The summed E-state index contributed by atoms with van der Waals surface area (Å²) in [5.74, 6) is -0.843. The highest BCUT2D eigenvalue weighted by atomic mass is 16.6. The number of carbonyl (C=O) groups is 3. The van der Waals surface area contributed by atoms with Gasteiger partial charge in [-0.05, 0) is 44.9 Å². The number of rotatable bonds is 60. The molecule has 71 heavy (non-hydrogen) atoms. The molecule has 0 aromatic heterocycles. The molecular weight excluding hydrogens is 877 g/mol. The zero-order valence-corrected chi connectivity index (χ0v) is 48.3. The molecule has 0 saturated carbocycles. The van der Waals surface area contributed by atoms with E-state index in [-0.39, 0.29) is 31.1 Å². The SMILES string of the molecule is CCCCCCCC/C=C\CCCCCCCC(=O)OC[C@H](COC(=O)CCCCCCCCCCCCCCCCCCCCC)OC(=O)CCCCCCCCCCCCCCCCCCCCC. The van der Waals surface area contributed by atoms with E-state index in [9.17, 15) is 14.4 Å². The highest BCUT2D eigenvalue weighted by molar-refractivity contribution is 5.71. The van der Waals surface area contributed by atoms with Crippen LogP contribution in [0.4, 0.5) is 0 Å². The van der Waals surface area contributed by atoms with E-state index < -0.39 is 6.10 Å². The van der Waals surface area contributed by atoms with Crippen molar-refractivity contribution in [3.63, 3.8) is 0 Å². The van der Waals surface area contributed by atoms with Gasteiger partial charge in [0.15, 0.2) is 6.10 Å². The molecule has 0 fully saturated rings. The van der Waals surface area contributed by atoms with E-state index in [2.05, 4.69) is 32.9 Å². The Kier molecular flexibility index (Phi) is 59.1. The lowest BCUT2D eigenvalue weighted by atomic mass is 10.0. The Morgan fingerprint density at radius 1 is 0.268 bits per heavy atom. The first kappa shape index (κ1) is 69.2. The van der Waals surface area contributed by atoms with Gasteiger partial charge in [-0.25, -0.2) is 0 Å². The van der Waals surface area contributed by atoms with Crippen LogP contribution in [0.3, 0.4) is 0 Å². The second-order valence-electron chi connectivity index (χ2n) is 22.0. The monoisotopic (exact) mass is 1000 g/mol. The molecule has 0 amide bonds. The van der Waals surface area contributed by atoms with Crippen LogP contribution in [0.25, 0.3) is 0 Å². The van der Waals surface area contributed by atoms with Gasteiger partial charge in [-0.2, -0.15) is 0 Å². The van der Waals surface area contributed by atoms with Gasteiger partial charge in [0.2, 0.25) is 0 Å². The molecule has 0 spiro atoms. The number of ether oxygens (including phenoxy) is 3. The van der Waals surface area contributed by atoms with Crippen molar-refractivity contribution >= 4 is 17.9 Å². The van der Waals surface area contributed by atoms with Crippen LogP contribution in [0, 0.1) is 0 Å². The van der Waals surface area contributed by atoms with Crippen LogP contribution < -0.4 is 0 Å². The van der Waals surface area contributed by atoms with Crippen molar-refractivity contribution in [2.24, 2.45) is 0 Å². The summed E-state index contributed by atoms with van der Waals surface area (Å²) < 4.78 is 17.0. The Labute approximate surface area is 443 Å². The van der Waals surface area contributed by atoms with Crippen LogP contribution in [0.1, 0.15) is 367 Å². The maximum Gasteiger partial charge on any atom is 0.306 e. The first-order valence-corrected chi connectivity index (χ1v) is 32.2. The molecule has 0 aliphatic heterocycles. The smallest absolute Gasteiger partial charge is 0.306 e. The lowest BCUT2D eigenvalue weighted by Crippen LogP contribution is -2.30. The highest BCUT2D eigenvalue weighted by Crippen LogP contribution is 2.18. The van der Waals surface area contributed by atoms with E-state index in [1.165, 1.54) is 263 Å². The van der Waals surface area contributed by atoms with Crippen LogP contribution in [-0.2, 0) is 28.6 Å². The third-order valence-corrected chi connectivity index (χ3v) is 14.8. The predicted octanol–water partition coefficient (Wildman–Crippen LogP) is 21.7. The van der Waals surface area contributed by atoms with Crippen molar-refractivity contribution in [1.82, 2.24) is 0 Å². The maximum absolute atomic E-state index is 12.9. The molecule has 0 bridgehead atoms. The molecule has 6 nitrogen and oxygen atoms in total. The summed E-state index contributed by atoms with van der Waals surface area (Å²) in [5, 5.41) is 0. The van der Waals surface area contributed by atoms with E-state index in [0.29, 0.717) is 19.3 Å². The molecule has 1 atom stereocenters. The Hall–Kier alpha value is -1.85.